The van der Waals surface area contributed by atoms with E-state index >= 15 is 0 Å². The van der Waals surface area contributed by atoms with Crippen LogP contribution in [-0.4, -0.2) is 49.3 Å². The molecule has 0 amide bonds. The van der Waals surface area contributed by atoms with E-state index in [1.807, 2.05) is 17.7 Å². The molecule has 8 heteroatoms. The zero-order valence-electron chi connectivity index (χ0n) is 17.4. The van der Waals surface area contributed by atoms with Gasteiger partial charge in [0, 0.05) is 39.1 Å². The Kier molecular flexibility index (Phi) is 3.94. The van der Waals surface area contributed by atoms with Crippen LogP contribution in [0.3, 0.4) is 0 Å². The first-order chi connectivity index (χ1) is 13.8. The van der Waals surface area contributed by atoms with E-state index in [-0.39, 0.29) is 11.1 Å². The van der Waals surface area contributed by atoms with E-state index in [1.54, 1.807) is 17.0 Å². The molecule has 2 saturated heterocycles. The molecule has 2 fully saturated rings. The molecule has 3 aromatic heterocycles. The third kappa shape index (κ3) is 2.97. The highest BCUT2D eigenvalue weighted by Gasteiger charge is 2.44. The average molecular weight is 393 g/mol. The van der Waals surface area contributed by atoms with Gasteiger partial charge in [0.05, 0.1) is 17.6 Å². The zero-order valence-corrected chi connectivity index (χ0v) is 17.4. The highest BCUT2D eigenvalue weighted by atomic mass is 16.1. The van der Waals surface area contributed by atoms with E-state index in [1.165, 1.54) is 0 Å². The maximum atomic E-state index is 12.8. The Morgan fingerprint density at radius 1 is 1.07 bits per heavy atom. The predicted molar refractivity (Wildman–Crippen MR) is 113 cm³/mol. The van der Waals surface area contributed by atoms with Gasteiger partial charge in [-0.1, -0.05) is 20.8 Å². The fourth-order valence-electron chi connectivity index (χ4n) is 4.68. The summed E-state index contributed by atoms with van der Waals surface area (Å²) in [7, 11) is 1.81. The van der Waals surface area contributed by atoms with Crippen molar-refractivity contribution in [3.63, 3.8) is 0 Å². The molecule has 2 aliphatic rings. The van der Waals surface area contributed by atoms with Crippen LogP contribution < -0.4 is 15.5 Å². The molecule has 2 unspecified atom stereocenters. The Balaban J connectivity index is 1.44. The number of anilines is 2. The van der Waals surface area contributed by atoms with Crippen LogP contribution >= 0.6 is 0 Å². The Bertz CT molecular complexity index is 1110. The van der Waals surface area contributed by atoms with Crippen molar-refractivity contribution in [1.29, 1.82) is 0 Å². The molecule has 0 radical (unpaired) electrons. The SMILES string of the molecule is Cn1c(=O)n(CC(C)(C)C)c2ccc(N3CC4CC3CN4c3ncccn3)nc21. The second kappa shape index (κ2) is 6.30. The van der Waals surface area contributed by atoms with Gasteiger partial charge in [-0.15, -0.1) is 0 Å². The van der Waals surface area contributed by atoms with Gasteiger partial charge in [0.15, 0.2) is 5.65 Å². The van der Waals surface area contributed by atoms with E-state index in [4.69, 9.17) is 4.98 Å². The van der Waals surface area contributed by atoms with Crippen LogP contribution in [0.5, 0.6) is 0 Å². The third-order valence-corrected chi connectivity index (χ3v) is 5.94. The number of hydrogen-bond acceptors (Lipinski definition) is 6. The normalized spacial score (nSPS) is 21.5. The molecule has 29 heavy (non-hydrogen) atoms. The highest BCUT2D eigenvalue weighted by Crippen LogP contribution is 2.35. The van der Waals surface area contributed by atoms with Crippen molar-refractivity contribution >= 4 is 22.9 Å². The van der Waals surface area contributed by atoms with E-state index in [2.05, 4.69) is 52.7 Å². The number of imidazole rings is 1. The molecule has 152 valence electrons. The second-order valence-electron chi connectivity index (χ2n) is 9.40. The Morgan fingerprint density at radius 2 is 1.76 bits per heavy atom. The van der Waals surface area contributed by atoms with E-state index in [0.29, 0.717) is 18.6 Å². The number of aryl methyl sites for hydroxylation is 1. The number of pyridine rings is 1. The van der Waals surface area contributed by atoms with Crippen molar-refractivity contribution in [3.8, 4) is 0 Å². The van der Waals surface area contributed by atoms with Gasteiger partial charge >= 0.3 is 5.69 Å². The van der Waals surface area contributed by atoms with Gasteiger partial charge in [0.2, 0.25) is 5.95 Å². The Morgan fingerprint density at radius 3 is 2.41 bits per heavy atom. The lowest BCUT2D eigenvalue weighted by molar-refractivity contribution is 0.342. The molecule has 0 N–H and O–H groups in total. The summed E-state index contributed by atoms with van der Waals surface area (Å²) < 4.78 is 3.51. The molecular weight excluding hydrogens is 366 g/mol. The van der Waals surface area contributed by atoms with Gasteiger partial charge in [-0.25, -0.2) is 19.7 Å². The van der Waals surface area contributed by atoms with Gasteiger partial charge in [0.25, 0.3) is 0 Å². The summed E-state index contributed by atoms with van der Waals surface area (Å²) in [6.07, 6.45) is 4.68. The minimum atomic E-state index is -0.00470. The lowest BCUT2D eigenvalue weighted by Gasteiger charge is -2.34. The van der Waals surface area contributed by atoms with E-state index in [9.17, 15) is 4.79 Å². The van der Waals surface area contributed by atoms with Crippen LogP contribution in [0.1, 0.15) is 27.2 Å². The number of piperazine rings is 1. The quantitative estimate of drug-likeness (QED) is 0.678. The molecule has 0 saturated carbocycles. The first kappa shape index (κ1) is 18.1. The topological polar surface area (TPSA) is 72.1 Å². The van der Waals surface area contributed by atoms with Crippen LogP contribution in [0.2, 0.25) is 0 Å². The molecule has 0 aromatic carbocycles. The van der Waals surface area contributed by atoms with Crippen LogP contribution in [-0.2, 0) is 13.6 Å². The summed E-state index contributed by atoms with van der Waals surface area (Å²) in [5, 5.41) is 0. The fourth-order valence-corrected chi connectivity index (χ4v) is 4.68. The van der Waals surface area contributed by atoms with Crippen molar-refractivity contribution in [2.45, 2.75) is 45.8 Å². The first-order valence-corrected chi connectivity index (χ1v) is 10.2. The third-order valence-electron chi connectivity index (χ3n) is 5.94. The van der Waals surface area contributed by atoms with Crippen molar-refractivity contribution < 1.29 is 0 Å². The molecule has 0 spiro atoms. The van der Waals surface area contributed by atoms with Crippen molar-refractivity contribution in [2.75, 3.05) is 22.9 Å². The Labute approximate surface area is 169 Å². The van der Waals surface area contributed by atoms with E-state index < -0.39 is 0 Å². The van der Waals surface area contributed by atoms with Crippen molar-refractivity contribution in [1.82, 2.24) is 24.1 Å². The zero-order chi connectivity index (χ0) is 20.3. The molecule has 0 aliphatic carbocycles. The van der Waals surface area contributed by atoms with Crippen LogP contribution in [0.25, 0.3) is 11.2 Å². The second-order valence-corrected chi connectivity index (χ2v) is 9.40. The van der Waals surface area contributed by atoms with Gasteiger partial charge in [-0.05, 0) is 30.0 Å². The Hall–Kier alpha value is -2.90. The standard InChI is InChI=1S/C21H27N7O/c1-21(2,3)13-28-16-6-7-17(24-18(16)25(4)20(28)29)26-11-15-10-14(26)12-27(15)19-22-8-5-9-23-19/h5-9,14-15H,10-13H2,1-4H3. The first-order valence-electron chi connectivity index (χ1n) is 10.2. The van der Waals surface area contributed by atoms with E-state index in [0.717, 1.165) is 42.4 Å². The monoisotopic (exact) mass is 393 g/mol. The lowest BCUT2D eigenvalue weighted by atomic mass is 9.97. The molecule has 2 atom stereocenters. The van der Waals surface area contributed by atoms with Gasteiger partial charge < -0.3 is 9.80 Å². The van der Waals surface area contributed by atoms with Crippen molar-refractivity contribution in [2.24, 2.45) is 12.5 Å². The van der Waals surface area contributed by atoms with Crippen LogP contribution in [0.4, 0.5) is 11.8 Å². The summed E-state index contributed by atoms with van der Waals surface area (Å²) in [6.45, 7) is 8.90. The average Bonchev–Trinajstić information content (AvgIpc) is 3.37. The summed E-state index contributed by atoms with van der Waals surface area (Å²) in [6, 6.07) is 6.75. The molecule has 2 bridgehead atoms. The maximum absolute atomic E-state index is 12.8. The summed E-state index contributed by atoms with van der Waals surface area (Å²) in [5.74, 6) is 1.76. The van der Waals surface area contributed by atoms with Gasteiger partial charge in [-0.2, -0.15) is 0 Å². The summed E-state index contributed by atoms with van der Waals surface area (Å²) >= 11 is 0. The summed E-state index contributed by atoms with van der Waals surface area (Å²) in [5.41, 5.74) is 1.67. The van der Waals surface area contributed by atoms with Gasteiger partial charge in [0.1, 0.15) is 5.82 Å². The lowest BCUT2D eigenvalue weighted by Crippen LogP contribution is -2.47. The molecule has 5 heterocycles. The van der Waals surface area contributed by atoms with Crippen molar-refractivity contribution in [3.05, 3.63) is 41.1 Å². The van der Waals surface area contributed by atoms with Crippen LogP contribution in [0, 0.1) is 5.41 Å². The summed E-state index contributed by atoms with van der Waals surface area (Å²) in [4.78, 5) is 31.2. The van der Waals surface area contributed by atoms with Crippen LogP contribution in [0.15, 0.2) is 35.4 Å². The highest BCUT2D eigenvalue weighted by molar-refractivity contribution is 5.74. The number of aromatic nitrogens is 5. The molecular formula is C21H27N7O. The predicted octanol–water partition coefficient (Wildman–Crippen LogP) is 2.04. The molecule has 5 rings (SSSR count). The largest absolute Gasteiger partial charge is 0.350 e. The maximum Gasteiger partial charge on any atom is 0.330 e. The number of fused-ring (bicyclic) bond motifs is 3. The molecule has 8 nitrogen and oxygen atoms in total. The molecule has 3 aromatic rings. The van der Waals surface area contributed by atoms with Gasteiger partial charge in [-0.3, -0.25) is 9.13 Å². The number of hydrogen-bond donors (Lipinski definition) is 0. The minimum absolute atomic E-state index is 0.00470. The smallest absolute Gasteiger partial charge is 0.330 e. The molecule has 2 aliphatic heterocycles. The minimum Gasteiger partial charge on any atom is -0.350 e. The fraction of sp³-hybridized carbons (Fsp3) is 0.524. The number of rotatable bonds is 3. The number of nitrogens with zero attached hydrogens (tertiary/aromatic N) is 7.